The lowest BCUT2D eigenvalue weighted by atomic mass is 10.5. The summed E-state index contributed by atoms with van der Waals surface area (Å²) in [6.45, 7) is 3.90. The summed E-state index contributed by atoms with van der Waals surface area (Å²) in [4.78, 5) is 19.3. The number of aromatic nitrogens is 4. The van der Waals surface area contributed by atoms with Crippen molar-refractivity contribution in [2.45, 2.75) is 13.8 Å². The molecular formula is C9H10N4O2. The fourth-order valence-corrected chi connectivity index (χ4v) is 1.19. The predicted molar refractivity (Wildman–Crippen MR) is 51.5 cm³/mol. The first-order valence-corrected chi connectivity index (χ1v) is 4.58. The van der Waals surface area contributed by atoms with E-state index in [-0.39, 0.29) is 5.82 Å². The Morgan fingerprint density at radius 2 is 2.40 bits per heavy atom. The summed E-state index contributed by atoms with van der Waals surface area (Å²) >= 11 is 0. The van der Waals surface area contributed by atoms with Crippen LogP contribution in [0.3, 0.4) is 0 Å². The zero-order chi connectivity index (χ0) is 10.8. The predicted octanol–water partition coefficient (Wildman–Crippen LogP) is 0.609. The smallest absolute Gasteiger partial charge is 0.378 e. The van der Waals surface area contributed by atoms with Crippen molar-refractivity contribution in [3.8, 4) is 0 Å². The first kappa shape index (κ1) is 9.57. The molecule has 6 heteroatoms. The number of esters is 1. The van der Waals surface area contributed by atoms with E-state index in [1.165, 1.54) is 4.52 Å². The van der Waals surface area contributed by atoms with E-state index < -0.39 is 5.97 Å². The maximum Gasteiger partial charge on any atom is 0.378 e. The summed E-state index contributed by atoms with van der Waals surface area (Å²) in [5.41, 5.74) is 0.864. The highest BCUT2D eigenvalue weighted by Gasteiger charge is 2.14. The molecule has 78 valence electrons. The van der Waals surface area contributed by atoms with Crippen molar-refractivity contribution in [1.82, 2.24) is 19.6 Å². The Morgan fingerprint density at radius 3 is 3.07 bits per heavy atom. The summed E-state index contributed by atoms with van der Waals surface area (Å²) in [6.07, 6.45) is 1.62. The minimum atomic E-state index is -0.526. The molecule has 0 aliphatic heterocycles. The van der Waals surface area contributed by atoms with Crippen molar-refractivity contribution in [3.05, 3.63) is 23.8 Å². The van der Waals surface area contributed by atoms with Gasteiger partial charge in [0.15, 0.2) is 0 Å². The monoisotopic (exact) mass is 206 g/mol. The Labute approximate surface area is 85.9 Å². The molecule has 0 aliphatic rings. The van der Waals surface area contributed by atoms with E-state index in [4.69, 9.17) is 4.74 Å². The van der Waals surface area contributed by atoms with Crippen LogP contribution in [0.4, 0.5) is 0 Å². The van der Waals surface area contributed by atoms with Crippen molar-refractivity contribution >= 4 is 11.7 Å². The van der Waals surface area contributed by atoms with E-state index >= 15 is 0 Å². The van der Waals surface area contributed by atoms with E-state index in [0.717, 1.165) is 5.69 Å². The fourth-order valence-electron chi connectivity index (χ4n) is 1.19. The van der Waals surface area contributed by atoms with Gasteiger partial charge in [0.1, 0.15) is 0 Å². The molecule has 6 nitrogen and oxygen atoms in total. The van der Waals surface area contributed by atoms with Crippen LogP contribution in [0.25, 0.3) is 5.78 Å². The highest BCUT2D eigenvalue weighted by molar-refractivity contribution is 5.85. The summed E-state index contributed by atoms with van der Waals surface area (Å²) in [6, 6.07) is 1.79. The van der Waals surface area contributed by atoms with Crippen LogP contribution in [-0.4, -0.2) is 32.2 Å². The first-order chi connectivity index (χ1) is 7.22. The number of fused-ring (bicyclic) bond motifs is 1. The van der Waals surface area contributed by atoms with E-state index in [9.17, 15) is 4.79 Å². The van der Waals surface area contributed by atoms with Crippen molar-refractivity contribution in [2.24, 2.45) is 0 Å². The maximum absolute atomic E-state index is 11.3. The standard InChI is InChI=1S/C9H10N4O2/c1-3-15-8(14)7-11-9-10-5-4-6(2)13(9)12-7/h4-5H,3H2,1-2H3. The van der Waals surface area contributed by atoms with Gasteiger partial charge in [0.2, 0.25) is 0 Å². The lowest BCUT2D eigenvalue weighted by molar-refractivity contribution is 0.0512. The molecular weight excluding hydrogens is 196 g/mol. The molecule has 0 radical (unpaired) electrons. The van der Waals surface area contributed by atoms with Gasteiger partial charge in [-0.1, -0.05) is 0 Å². The summed E-state index contributed by atoms with van der Waals surface area (Å²) in [5, 5.41) is 4.00. The van der Waals surface area contributed by atoms with Gasteiger partial charge < -0.3 is 4.74 Å². The second-order valence-corrected chi connectivity index (χ2v) is 2.95. The molecule has 0 atom stereocenters. The zero-order valence-electron chi connectivity index (χ0n) is 8.47. The summed E-state index contributed by atoms with van der Waals surface area (Å²) < 4.78 is 6.30. The Bertz CT molecular complexity index is 506. The molecule has 0 aromatic carbocycles. The number of carbonyl (C=O) groups excluding carboxylic acids is 1. The molecule has 0 fully saturated rings. The van der Waals surface area contributed by atoms with Crippen molar-refractivity contribution in [3.63, 3.8) is 0 Å². The third-order valence-electron chi connectivity index (χ3n) is 1.89. The first-order valence-electron chi connectivity index (χ1n) is 4.58. The van der Waals surface area contributed by atoms with E-state index in [1.54, 1.807) is 19.2 Å². The molecule has 0 N–H and O–H groups in total. The quantitative estimate of drug-likeness (QED) is 0.673. The molecule has 0 saturated carbocycles. The Morgan fingerprint density at radius 1 is 1.60 bits per heavy atom. The molecule has 0 aliphatic carbocycles. The molecule has 0 spiro atoms. The van der Waals surface area contributed by atoms with Gasteiger partial charge in [0.25, 0.3) is 11.6 Å². The van der Waals surface area contributed by atoms with Crippen LogP contribution in [0.2, 0.25) is 0 Å². The van der Waals surface area contributed by atoms with Crippen molar-refractivity contribution in [1.29, 1.82) is 0 Å². The number of hydrogen-bond acceptors (Lipinski definition) is 5. The van der Waals surface area contributed by atoms with Crippen LogP contribution in [0.1, 0.15) is 23.2 Å². The number of nitrogens with zero attached hydrogens (tertiary/aromatic N) is 4. The lowest BCUT2D eigenvalue weighted by Gasteiger charge is -1.94. The second-order valence-electron chi connectivity index (χ2n) is 2.95. The number of hydrogen-bond donors (Lipinski definition) is 0. The van der Waals surface area contributed by atoms with Gasteiger partial charge in [-0.2, -0.15) is 4.98 Å². The van der Waals surface area contributed by atoms with E-state index in [1.807, 2.05) is 6.92 Å². The van der Waals surface area contributed by atoms with Crippen LogP contribution in [-0.2, 0) is 4.74 Å². The molecule has 2 aromatic heterocycles. The van der Waals surface area contributed by atoms with Gasteiger partial charge in [0, 0.05) is 11.9 Å². The number of ether oxygens (including phenoxy) is 1. The highest BCUT2D eigenvalue weighted by Crippen LogP contribution is 2.02. The van der Waals surface area contributed by atoms with E-state index in [0.29, 0.717) is 12.4 Å². The van der Waals surface area contributed by atoms with Gasteiger partial charge in [-0.15, -0.1) is 5.10 Å². The lowest BCUT2D eigenvalue weighted by Crippen LogP contribution is -2.07. The Hall–Kier alpha value is -1.98. The van der Waals surface area contributed by atoms with Crippen LogP contribution in [0.15, 0.2) is 12.3 Å². The molecule has 0 bridgehead atoms. The molecule has 2 rings (SSSR count). The number of rotatable bonds is 2. The minimum Gasteiger partial charge on any atom is -0.460 e. The second kappa shape index (κ2) is 3.64. The molecule has 2 heterocycles. The fraction of sp³-hybridized carbons (Fsp3) is 0.333. The largest absolute Gasteiger partial charge is 0.460 e. The van der Waals surface area contributed by atoms with Gasteiger partial charge in [-0.25, -0.2) is 14.3 Å². The van der Waals surface area contributed by atoms with Crippen LogP contribution >= 0.6 is 0 Å². The Kier molecular flexibility index (Phi) is 2.32. The van der Waals surface area contributed by atoms with Crippen molar-refractivity contribution < 1.29 is 9.53 Å². The SMILES string of the molecule is CCOC(=O)c1nc2nccc(C)n2n1. The molecule has 0 saturated heterocycles. The molecule has 2 aromatic rings. The number of aryl methyl sites for hydroxylation is 1. The summed E-state index contributed by atoms with van der Waals surface area (Å²) in [5.74, 6) is -0.0842. The third kappa shape index (κ3) is 1.65. The molecule has 0 amide bonds. The Balaban J connectivity index is 2.47. The third-order valence-corrected chi connectivity index (χ3v) is 1.89. The van der Waals surface area contributed by atoms with E-state index in [2.05, 4.69) is 15.1 Å². The minimum absolute atomic E-state index is 0.0404. The van der Waals surface area contributed by atoms with Gasteiger partial charge >= 0.3 is 5.97 Å². The van der Waals surface area contributed by atoms with Crippen LogP contribution in [0, 0.1) is 6.92 Å². The topological polar surface area (TPSA) is 69.4 Å². The molecule has 15 heavy (non-hydrogen) atoms. The van der Waals surface area contributed by atoms with Crippen LogP contribution in [0.5, 0.6) is 0 Å². The van der Waals surface area contributed by atoms with Gasteiger partial charge in [-0.05, 0) is 19.9 Å². The van der Waals surface area contributed by atoms with Gasteiger partial charge in [0.05, 0.1) is 6.61 Å². The molecule has 0 unspecified atom stereocenters. The average molecular weight is 206 g/mol. The average Bonchev–Trinajstić information content (AvgIpc) is 2.63. The normalized spacial score (nSPS) is 10.5. The zero-order valence-corrected chi connectivity index (χ0v) is 8.47. The number of carbonyl (C=O) groups is 1. The summed E-state index contributed by atoms with van der Waals surface area (Å²) in [7, 11) is 0. The maximum atomic E-state index is 11.3. The van der Waals surface area contributed by atoms with Crippen LogP contribution < -0.4 is 0 Å². The van der Waals surface area contributed by atoms with Crippen molar-refractivity contribution in [2.75, 3.05) is 6.61 Å². The van der Waals surface area contributed by atoms with Gasteiger partial charge in [-0.3, -0.25) is 0 Å². The highest BCUT2D eigenvalue weighted by atomic mass is 16.5.